The van der Waals surface area contributed by atoms with E-state index in [4.69, 9.17) is 0 Å². The summed E-state index contributed by atoms with van der Waals surface area (Å²) < 4.78 is 38.8. The number of benzene rings is 1. The number of hydrogen-bond donors (Lipinski definition) is 3. The molecule has 1 aromatic carbocycles. The monoisotopic (exact) mass is 438 g/mol. The molecule has 0 unspecified atom stereocenters. The minimum Gasteiger partial charge on any atom is -0.363 e. The van der Waals surface area contributed by atoms with E-state index in [1.54, 1.807) is 24.3 Å². The van der Waals surface area contributed by atoms with Crippen LogP contribution in [0.4, 0.5) is 27.5 Å². The van der Waals surface area contributed by atoms with E-state index in [9.17, 15) is 12.8 Å². The highest BCUT2D eigenvalue weighted by molar-refractivity contribution is 7.92. The highest BCUT2D eigenvalue weighted by Crippen LogP contribution is 2.25. The Balaban J connectivity index is 0.00000300. The van der Waals surface area contributed by atoms with Gasteiger partial charge < -0.3 is 10.6 Å². The molecule has 0 saturated carbocycles. The van der Waals surface area contributed by atoms with E-state index >= 15 is 0 Å². The Morgan fingerprint density at radius 2 is 1.72 bits per heavy atom. The summed E-state index contributed by atoms with van der Waals surface area (Å²) >= 11 is 0. The van der Waals surface area contributed by atoms with Crippen LogP contribution in [0.2, 0.25) is 0 Å². The quantitative estimate of drug-likeness (QED) is 0.515. The molecular weight excluding hydrogens is 419 g/mol. The van der Waals surface area contributed by atoms with Gasteiger partial charge in [-0.15, -0.1) is 12.4 Å². The van der Waals surface area contributed by atoms with Gasteiger partial charge in [-0.05, 0) is 24.6 Å². The fourth-order valence-corrected chi connectivity index (χ4v) is 3.04. The van der Waals surface area contributed by atoms with Gasteiger partial charge in [0, 0.05) is 30.6 Å². The first-order chi connectivity index (χ1) is 13.3. The number of nitrogens with zero attached hydrogens (tertiary/aromatic N) is 3. The Hall–Kier alpha value is -2.98. The average Bonchev–Trinajstić information content (AvgIpc) is 2.61. The summed E-state index contributed by atoms with van der Waals surface area (Å²) in [4.78, 5) is 12.5. The molecule has 0 saturated heterocycles. The number of nitrogens with one attached hydrogen (secondary N) is 3. The first-order valence-corrected chi connectivity index (χ1v) is 10.2. The number of halogens is 2. The predicted molar refractivity (Wildman–Crippen MR) is 114 cm³/mol. The van der Waals surface area contributed by atoms with Gasteiger partial charge in [0.2, 0.25) is 10.0 Å². The van der Waals surface area contributed by atoms with E-state index in [1.165, 1.54) is 30.7 Å². The first kappa shape index (κ1) is 22.3. The van der Waals surface area contributed by atoms with E-state index in [0.717, 1.165) is 11.8 Å². The van der Waals surface area contributed by atoms with Gasteiger partial charge >= 0.3 is 0 Å². The number of hydrogen-bond acceptors (Lipinski definition) is 7. The molecule has 0 amide bonds. The maximum atomic E-state index is 13.1. The first-order valence-electron chi connectivity index (χ1n) is 8.33. The fourth-order valence-electron chi connectivity index (χ4n) is 2.49. The lowest BCUT2D eigenvalue weighted by atomic mass is 10.1. The van der Waals surface area contributed by atoms with Crippen molar-refractivity contribution in [3.05, 3.63) is 66.4 Å². The maximum absolute atomic E-state index is 13.1. The van der Waals surface area contributed by atoms with Crippen LogP contribution in [0.5, 0.6) is 0 Å². The molecule has 3 N–H and O–H groups in total. The second kappa shape index (κ2) is 9.48. The van der Waals surface area contributed by atoms with Crippen LogP contribution in [0.3, 0.4) is 0 Å². The smallest absolute Gasteiger partial charge is 0.229 e. The van der Waals surface area contributed by atoms with Crippen LogP contribution in [0.15, 0.2) is 55.0 Å². The number of sulfonamides is 1. The van der Waals surface area contributed by atoms with E-state index in [2.05, 4.69) is 30.3 Å². The van der Waals surface area contributed by atoms with Crippen molar-refractivity contribution in [2.45, 2.75) is 13.0 Å². The summed E-state index contributed by atoms with van der Waals surface area (Å²) in [6, 6.07) is 9.03. The summed E-state index contributed by atoms with van der Waals surface area (Å²) in [6.07, 6.45) is 5.65. The van der Waals surface area contributed by atoms with Crippen LogP contribution in [0.1, 0.15) is 18.5 Å². The van der Waals surface area contributed by atoms with Gasteiger partial charge in [0.05, 0.1) is 18.1 Å². The van der Waals surface area contributed by atoms with Gasteiger partial charge in [0.25, 0.3) is 0 Å². The Morgan fingerprint density at radius 3 is 2.34 bits per heavy atom. The topological polar surface area (TPSA) is 109 Å². The molecule has 0 bridgehead atoms. The Kier molecular flexibility index (Phi) is 7.29. The van der Waals surface area contributed by atoms with Gasteiger partial charge in [0.1, 0.15) is 23.3 Å². The zero-order valence-corrected chi connectivity index (χ0v) is 17.3. The van der Waals surface area contributed by atoms with Crippen LogP contribution >= 0.6 is 12.4 Å². The standard InChI is InChI=1S/C18H19FN6O2S.ClH/c1-12(13-3-5-14(19)6-4-13)22-16-9-15(25-28(2,26)27)10-17(23-16)24-18-11-20-7-8-21-18;/h3-12H,1-2H3,(H3,21,22,23,24,25);1H/t12-;/m0./s1. The van der Waals surface area contributed by atoms with Crippen molar-refractivity contribution < 1.29 is 12.8 Å². The third-order valence-corrected chi connectivity index (χ3v) is 4.29. The van der Waals surface area contributed by atoms with Gasteiger partial charge in [-0.3, -0.25) is 9.71 Å². The summed E-state index contributed by atoms with van der Waals surface area (Å²) in [5.41, 5.74) is 1.19. The maximum Gasteiger partial charge on any atom is 0.229 e. The largest absolute Gasteiger partial charge is 0.363 e. The molecule has 29 heavy (non-hydrogen) atoms. The SMILES string of the molecule is C[C@H](Nc1cc(NS(C)(=O)=O)cc(Nc2cnccn2)n1)c1ccc(F)cc1.Cl. The van der Waals surface area contributed by atoms with E-state index in [1.807, 2.05) is 6.92 Å². The van der Waals surface area contributed by atoms with Gasteiger partial charge in [-0.1, -0.05) is 12.1 Å². The lowest BCUT2D eigenvalue weighted by Crippen LogP contribution is -2.12. The Labute approximate surface area is 174 Å². The Morgan fingerprint density at radius 1 is 1.03 bits per heavy atom. The molecule has 0 spiro atoms. The molecule has 0 aliphatic carbocycles. The highest BCUT2D eigenvalue weighted by Gasteiger charge is 2.11. The Bertz CT molecular complexity index is 1050. The van der Waals surface area contributed by atoms with Crippen molar-refractivity contribution in [2.24, 2.45) is 0 Å². The highest BCUT2D eigenvalue weighted by atomic mass is 35.5. The molecule has 1 atom stereocenters. The molecular formula is C18H20ClFN6O2S. The van der Waals surface area contributed by atoms with Crippen molar-refractivity contribution in [3.8, 4) is 0 Å². The van der Waals surface area contributed by atoms with Crippen LogP contribution in [-0.4, -0.2) is 29.6 Å². The van der Waals surface area contributed by atoms with Crippen molar-refractivity contribution in [1.29, 1.82) is 0 Å². The number of pyridine rings is 1. The van der Waals surface area contributed by atoms with Crippen LogP contribution in [0.25, 0.3) is 0 Å². The molecule has 2 heterocycles. The average molecular weight is 439 g/mol. The minimum absolute atomic E-state index is 0. The van der Waals surface area contributed by atoms with Crippen molar-refractivity contribution in [2.75, 3.05) is 21.6 Å². The van der Waals surface area contributed by atoms with Crippen molar-refractivity contribution in [1.82, 2.24) is 15.0 Å². The third-order valence-electron chi connectivity index (χ3n) is 3.68. The molecule has 0 aliphatic heterocycles. The zero-order valence-electron chi connectivity index (χ0n) is 15.6. The normalized spacial score (nSPS) is 11.8. The van der Waals surface area contributed by atoms with Crippen LogP contribution < -0.4 is 15.4 Å². The number of aromatic nitrogens is 3. The molecule has 0 fully saturated rings. The lowest BCUT2D eigenvalue weighted by Gasteiger charge is -2.17. The van der Waals surface area contributed by atoms with Gasteiger partial charge in [-0.25, -0.2) is 22.8 Å². The van der Waals surface area contributed by atoms with E-state index in [0.29, 0.717) is 23.1 Å². The predicted octanol–water partition coefficient (Wildman–Crippen LogP) is 3.72. The molecule has 2 aromatic heterocycles. The summed E-state index contributed by atoms with van der Waals surface area (Å²) in [6.45, 7) is 1.89. The third kappa shape index (κ3) is 6.84. The van der Waals surface area contributed by atoms with Gasteiger partial charge in [-0.2, -0.15) is 0 Å². The summed E-state index contributed by atoms with van der Waals surface area (Å²) in [5.74, 6) is 0.952. The van der Waals surface area contributed by atoms with E-state index < -0.39 is 10.0 Å². The zero-order chi connectivity index (χ0) is 20.1. The van der Waals surface area contributed by atoms with Crippen molar-refractivity contribution >= 4 is 45.6 Å². The molecule has 0 aliphatic rings. The van der Waals surface area contributed by atoms with Gasteiger partial charge in [0.15, 0.2) is 0 Å². The van der Waals surface area contributed by atoms with E-state index in [-0.39, 0.29) is 24.3 Å². The number of anilines is 4. The molecule has 0 radical (unpaired) electrons. The number of rotatable bonds is 7. The van der Waals surface area contributed by atoms with Crippen LogP contribution in [0, 0.1) is 5.82 Å². The summed E-state index contributed by atoms with van der Waals surface area (Å²) in [5, 5.41) is 6.17. The second-order valence-electron chi connectivity index (χ2n) is 6.13. The molecule has 3 aromatic rings. The fraction of sp³-hybridized carbons (Fsp3) is 0.167. The molecule has 8 nitrogen and oxygen atoms in total. The molecule has 11 heteroatoms. The molecule has 154 valence electrons. The minimum atomic E-state index is -3.47. The lowest BCUT2D eigenvalue weighted by molar-refractivity contribution is 0.607. The summed E-state index contributed by atoms with van der Waals surface area (Å²) in [7, 11) is -3.47. The molecule has 3 rings (SSSR count). The van der Waals surface area contributed by atoms with Crippen LogP contribution in [-0.2, 0) is 10.0 Å². The second-order valence-corrected chi connectivity index (χ2v) is 7.88. The van der Waals surface area contributed by atoms with Crippen molar-refractivity contribution in [3.63, 3.8) is 0 Å².